The molecule has 0 saturated heterocycles. The normalized spacial score (nSPS) is 10.6. The molecule has 0 aliphatic carbocycles. The minimum Gasteiger partial charge on any atom is -0.494 e. The third-order valence-corrected chi connectivity index (χ3v) is 5.75. The number of ether oxygens (including phenoxy) is 3. The van der Waals surface area contributed by atoms with Gasteiger partial charge in [-0.2, -0.15) is 4.89 Å². The van der Waals surface area contributed by atoms with Crippen LogP contribution in [0.25, 0.3) is 0 Å². The summed E-state index contributed by atoms with van der Waals surface area (Å²) in [5.74, 6) is 1.81. The van der Waals surface area contributed by atoms with Gasteiger partial charge in [0.25, 0.3) is 0 Å². The molecule has 0 N–H and O–H groups in total. The van der Waals surface area contributed by atoms with E-state index in [1.807, 2.05) is 67.6 Å². The van der Waals surface area contributed by atoms with Crippen LogP contribution < -0.4 is 14.4 Å². The highest BCUT2D eigenvalue weighted by Crippen LogP contribution is 2.23. The molecule has 3 aromatic rings. The molecule has 0 saturated carbocycles. The van der Waals surface area contributed by atoms with E-state index < -0.39 is 5.97 Å². The number of benzene rings is 3. The zero-order chi connectivity index (χ0) is 29.1. The molecule has 0 aliphatic rings. The van der Waals surface area contributed by atoms with Gasteiger partial charge in [-0.25, -0.2) is 14.6 Å². The van der Waals surface area contributed by atoms with Crippen LogP contribution in [0.5, 0.6) is 17.2 Å². The maximum atomic E-state index is 11.0. The van der Waals surface area contributed by atoms with E-state index in [2.05, 4.69) is 19.2 Å². The van der Waals surface area contributed by atoms with E-state index in [0.29, 0.717) is 58.2 Å². The number of carbonyl (C=O) groups is 1. The number of esters is 1. The first-order valence-corrected chi connectivity index (χ1v) is 13.5. The van der Waals surface area contributed by atoms with E-state index in [4.69, 9.17) is 33.8 Å². The summed E-state index contributed by atoms with van der Waals surface area (Å²) in [6.07, 6.45) is 4.89. The Morgan fingerprint density at radius 2 is 1.37 bits per heavy atom. The van der Waals surface area contributed by atoms with Gasteiger partial charge < -0.3 is 19.1 Å². The molecule has 0 radical (unpaired) electrons. The maximum Gasteiger partial charge on any atom is 0.330 e. The molecular formula is C33H38O8. The van der Waals surface area contributed by atoms with Crippen molar-refractivity contribution in [3.8, 4) is 17.2 Å². The van der Waals surface area contributed by atoms with Gasteiger partial charge in [0.1, 0.15) is 24.7 Å². The van der Waals surface area contributed by atoms with Gasteiger partial charge in [0.15, 0.2) is 5.75 Å². The third-order valence-electron chi connectivity index (χ3n) is 5.75. The Kier molecular flexibility index (Phi) is 14.0. The monoisotopic (exact) mass is 562 g/mol. The summed E-state index contributed by atoms with van der Waals surface area (Å²) < 4.78 is 16.3. The first-order chi connectivity index (χ1) is 20.1. The van der Waals surface area contributed by atoms with Crippen LogP contribution in [-0.2, 0) is 37.2 Å². The molecule has 0 amide bonds. The van der Waals surface area contributed by atoms with Crippen molar-refractivity contribution >= 4 is 5.97 Å². The fraction of sp³-hybridized carbons (Fsp3) is 0.303. The Bertz CT molecular complexity index is 1200. The predicted octanol–water partition coefficient (Wildman–Crippen LogP) is 6.50. The predicted molar refractivity (Wildman–Crippen MR) is 156 cm³/mol. The molecule has 0 bridgehead atoms. The lowest BCUT2D eigenvalue weighted by Crippen LogP contribution is -2.06. The first-order valence-electron chi connectivity index (χ1n) is 13.5. The van der Waals surface area contributed by atoms with Crippen LogP contribution >= 0.6 is 0 Å². The van der Waals surface area contributed by atoms with Gasteiger partial charge in [0, 0.05) is 18.9 Å². The summed E-state index contributed by atoms with van der Waals surface area (Å²) in [4.78, 5) is 31.9. The van der Waals surface area contributed by atoms with Crippen molar-refractivity contribution in [1.82, 2.24) is 0 Å². The summed E-state index contributed by atoms with van der Waals surface area (Å²) >= 11 is 0. The molecule has 218 valence electrons. The van der Waals surface area contributed by atoms with E-state index in [1.54, 1.807) is 6.08 Å². The smallest absolute Gasteiger partial charge is 0.330 e. The summed E-state index contributed by atoms with van der Waals surface area (Å²) in [6, 6.07) is 21.7. The molecular weight excluding hydrogens is 524 g/mol. The zero-order valence-corrected chi connectivity index (χ0v) is 23.5. The van der Waals surface area contributed by atoms with E-state index >= 15 is 0 Å². The Morgan fingerprint density at radius 1 is 0.732 bits per heavy atom. The Hall–Kier alpha value is -4.11. The highest BCUT2D eigenvalue weighted by molar-refractivity contribution is 5.81. The van der Waals surface area contributed by atoms with E-state index in [9.17, 15) is 4.79 Å². The van der Waals surface area contributed by atoms with Crippen LogP contribution in [0.1, 0.15) is 35.1 Å². The van der Waals surface area contributed by atoms with Crippen LogP contribution in [0.2, 0.25) is 0 Å². The van der Waals surface area contributed by atoms with Crippen LogP contribution in [0.15, 0.2) is 92.0 Å². The van der Waals surface area contributed by atoms with Gasteiger partial charge in [0.05, 0.1) is 26.4 Å². The van der Waals surface area contributed by atoms with Crippen LogP contribution in [0.4, 0.5) is 0 Å². The van der Waals surface area contributed by atoms with Gasteiger partial charge >= 0.3 is 5.97 Å². The summed E-state index contributed by atoms with van der Waals surface area (Å²) in [7, 11) is 0. The van der Waals surface area contributed by atoms with Crippen molar-refractivity contribution in [3.63, 3.8) is 0 Å². The minimum absolute atomic E-state index is 0.306. The maximum absolute atomic E-state index is 11.0. The van der Waals surface area contributed by atoms with E-state index in [1.165, 1.54) is 11.1 Å². The molecule has 0 heterocycles. The second-order valence-electron chi connectivity index (χ2n) is 9.08. The molecule has 0 spiro atoms. The zero-order valence-electron chi connectivity index (χ0n) is 23.5. The SMILES string of the molecule is C=CCOOCCCOc1ccc(COOc2ccc(Cc3ccc(OCCCOC(=O)C=C)cc3)cc2C)cc1. The summed E-state index contributed by atoms with van der Waals surface area (Å²) in [5, 5.41) is 0. The molecule has 3 aromatic carbocycles. The molecule has 3 rings (SSSR count). The van der Waals surface area contributed by atoms with Gasteiger partial charge in [-0.3, -0.25) is 0 Å². The molecule has 8 nitrogen and oxygen atoms in total. The van der Waals surface area contributed by atoms with Crippen molar-refractivity contribution in [2.45, 2.75) is 32.8 Å². The summed E-state index contributed by atoms with van der Waals surface area (Å²) in [5.41, 5.74) is 4.29. The number of carbonyl (C=O) groups excluding carboxylic acids is 1. The minimum atomic E-state index is -0.421. The highest BCUT2D eigenvalue weighted by atomic mass is 17.2. The Labute approximate surface area is 241 Å². The van der Waals surface area contributed by atoms with Gasteiger partial charge in [-0.15, -0.1) is 6.58 Å². The van der Waals surface area contributed by atoms with Crippen LogP contribution in [0.3, 0.4) is 0 Å². The van der Waals surface area contributed by atoms with Crippen molar-refractivity contribution in [2.24, 2.45) is 0 Å². The van der Waals surface area contributed by atoms with Crippen molar-refractivity contribution in [3.05, 3.63) is 114 Å². The van der Waals surface area contributed by atoms with Crippen molar-refractivity contribution < 1.29 is 38.6 Å². The van der Waals surface area contributed by atoms with E-state index in [-0.39, 0.29) is 0 Å². The summed E-state index contributed by atoms with van der Waals surface area (Å²) in [6.45, 7) is 11.4. The lowest BCUT2D eigenvalue weighted by molar-refractivity contribution is -0.287. The highest BCUT2D eigenvalue weighted by Gasteiger charge is 2.06. The standard InChI is InChI=1S/C33H38O8/c1-4-18-38-39-22-7-20-36-31-15-10-28(11-16-31)25-40-41-32-17-12-29(23-26(32)3)24-27-8-13-30(14-9-27)35-19-6-21-37-33(34)5-2/h4-5,8-17,23H,1-2,6-7,18-22,24-25H2,3H3. The van der Waals surface area contributed by atoms with Crippen LogP contribution in [0, 0.1) is 6.92 Å². The molecule has 0 aliphatic heterocycles. The number of rotatable bonds is 20. The largest absolute Gasteiger partial charge is 0.494 e. The second kappa shape index (κ2) is 18.3. The molecule has 0 unspecified atom stereocenters. The van der Waals surface area contributed by atoms with Crippen molar-refractivity contribution in [2.75, 3.05) is 33.0 Å². The Balaban J connectivity index is 1.35. The lowest BCUT2D eigenvalue weighted by Gasteiger charge is -2.11. The Morgan fingerprint density at radius 3 is 2.00 bits per heavy atom. The van der Waals surface area contributed by atoms with Gasteiger partial charge in [0.2, 0.25) is 0 Å². The van der Waals surface area contributed by atoms with Gasteiger partial charge in [-0.05, 0) is 65.9 Å². The fourth-order valence-corrected chi connectivity index (χ4v) is 3.64. The average molecular weight is 563 g/mol. The molecule has 8 heteroatoms. The van der Waals surface area contributed by atoms with Crippen LogP contribution in [-0.4, -0.2) is 39.0 Å². The number of hydrogen-bond acceptors (Lipinski definition) is 8. The first kappa shape index (κ1) is 31.4. The topological polar surface area (TPSA) is 81.7 Å². The fourth-order valence-electron chi connectivity index (χ4n) is 3.64. The lowest BCUT2D eigenvalue weighted by atomic mass is 10.0. The number of hydrogen-bond donors (Lipinski definition) is 0. The molecule has 0 aromatic heterocycles. The third kappa shape index (κ3) is 12.3. The van der Waals surface area contributed by atoms with Gasteiger partial charge in [-0.1, -0.05) is 49.1 Å². The number of aryl methyl sites for hydroxylation is 1. The quantitative estimate of drug-likeness (QED) is 0.0386. The molecule has 0 atom stereocenters. The molecule has 41 heavy (non-hydrogen) atoms. The van der Waals surface area contributed by atoms with Crippen molar-refractivity contribution in [1.29, 1.82) is 0 Å². The van der Waals surface area contributed by atoms with E-state index in [0.717, 1.165) is 35.1 Å². The molecule has 0 fully saturated rings. The average Bonchev–Trinajstić information content (AvgIpc) is 2.99. The second-order valence-corrected chi connectivity index (χ2v) is 9.08.